The van der Waals surface area contributed by atoms with Crippen molar-refractivity contribution in [2.45, 2.75) is 31.6 Å². The quantitative estimate of drug-likeness (QED) is 0.657. The number of nitrogens with zero attached hydrogens (tertiary/aromatic N) is 2. The van der Waals surface area contributed by atoms with Gasteiger partial charge in [0.1, 0.15) is 4.90 Å². The average Bonchev–Trinajstić information content (AvgIpc) is 2.75. The number of aryl methyl sites for hydroxylation is 2. The molecule has 0 aliphatic carbocycles. The summed E-state index contributed by atoms with van der Waals surface area (Å²) in [5, 5.41) is 3.08. The first-order chi connectivity index (χ1) is 14.7. The molecule has 10 heteroatoms. The van der Waals surface area contributed by atoms with Gasteiger partial charge in [0, 0.05) is 25.5 Å². The van der Waals surface area contributed by atoms with Crippen LogP contribution in [0.1, 0.15) is 24.0 Å². The van der Waals surface area contributed by atoms with Gasteiger partial charge in [0.25, 0.3) is 5.91 Å². The van der Waals surface area contributed by atoms with Gasteiger partial charge in [0.2, 0.25) is 10.0 Å². The van der Waals surface area contributed by atoms with Crippen molar-refractivity contribution < 1.29 is 22.7 Å². The summed E-state index contributed by atoms with van der Waals surface area (Å²) in [7, 11) is -3.64. The number of benzene rings is 1. The van der Waals surface area contributed by atoms with E-state index in [0.717, 1.165) is 11.1 Å². The number of nitrogens with one attached hydrogen (secondary N) is 1. The van der Waals surface area contributed by atoms with Gasteiger partial charge in [-0.05, 0) is 56.0 Å². The molecule has 0 bridgehead atoms. The van der Waals surface area contributed by atoms with Gasteiger partial charge >= 0.3 is 5.97 Å². The molecule has 1 amide bonds. The van der Waals surface area contributed by atoms with Gasteiger partial charge in [-0.2, -0.15) is 4.31 Å². The van der Waals surface area contributed by atoms with E-state index in [1.807, 2.05) is 19.9 Å². The van der Waals surface area contributed by atoms with Crippen LogP contribution in [0.15, 0.2) is 41.6 Å². The number of halogens is 1. The van der Waals surface area contributed by atoms with Crippen LogP contribution in [0.2, 0.25) is 5.02 Å². The monoisotopic (exact) mass is 465 g/mol. The molecule has 0 radical (unpaired) electrons. The number of hydrogen-bond acceptors (Lipinski definition) is 6. The van der Waals surface area contributed by atoms with Crippen LogP contribution >= 0.6 is 11.6 Å². The molecule has 31 heavy (non-hydrogen) atoms. The fraction of sp³-hybridized carbons (Fsp3) is 0.381. The van der Waals surface area contributed by atoms with E-state index in [2.05, 4.69) is 10.3 Å². The molecule has 0 atom stereocenters. The fourth-order valence-corrected chi connectivity index (χ4v) is 5.29. The Bertz CT molecular complexity index is 1040. The lowest BCUT2D eigenvalue weighted by Gasteiger charge is -2.29. The van der Waals surface area contributed by atoms with Crippen LogP contribution in [-0.4, -0.2) is 49.3 Å². The number of ether oxygens (including phenoxy) is 1. The highest BCUT2D eigenvalue weighted by Gasteiger charge is 2.33. The van der Waals surface area contributed by atoms with Crippen molar-refractivity contribution in [3.05, 3.63) is 52.8 Å². The van der Waals surface area contributed by atoms with E-state index in [9.17, 15) is 18.0 Å². The van der Waals surface area contributed by atoms with Gasteiger partial charge in [-0.15, -0.1) is 0 Å². The highest BCUT2D eigenvalue weighted by atomic mass is 35.5. The molecule has 1 saturated heterocycles. The zero-order valence-corrected chi connectivity index (χ0v) is 18.9. The van der Waals surface area contributed by atoms with Crippen molar-refractivity contribution in [1.82, 2.24) is 9.29 Å². The van der Waals surface area contributed by atoms with Crippen LogP contribution < -0.4 is 5.32 Å². The van der Waals surface area contributed by atoms with Crippen molar-refractivity contribution >= 4 is 39.2 Å². The second kappa shape index (κ2) is 9.76. The average molecular weight is 466 g/mol. The number of carbonyl (C=O) groups excluding carboxylic acids is 2. The number of pyridine rings is 1. The minimum Gasteiger partial charge on any atom is -0.455 e. The van der Waals surface area contributed by atoms with Crippen LogP contribution in [0.4, 0.5) is 5.69 Å². The lowest BCUT2D eigenvalue weighted by atomic mass is 9.98. The molecular formula is C21H24ClN3O5S. The maximum absolute atomic E-state index is 12.6. The molecule has 0 saturated carbocycles. The molecule has 1 fully saturated rings. The van der Waals surface area contributed by atoms with E-state index < -0.39 is 34.4 Å². The Kier molecular flexibility index (Phi) is 7.30. The van der Waals surface area contributed by atoms with Crippen molar-refractivity contribution in [2.24, 2.45) is 5.92 Å². The van der Waals surface area contributed by atoms with Crippen molar-refractivity contribution in [3.63, 3.8) is 0 Å². The number of aromatic nitrogens is 1. The Balaban J connectivity index is 1.50. The Morgan fingerprint density at radius 3 is 2.58 bits per heavy atom. The first-order valence-corrected chi connectivity index (χ1v) is 11.6. The van der Waals surface area contributed by atoms with Crippen molar-refractivity contribution in [1.29, 1.82) is 0 Å². The topological polar surface area (TPSA) is 106 Å². The Morgan fingerprint density at radius 1 is 1.26 bits per heavy atom. The predicted molar refractivity (Wildman–Crippen MR) is 116 cm³/mol. The number of carbonyl (C=O) groups is 2. The fourth-order valence-electron chi connectivity index (χ4n) is 3.48. The van der Waals surface area contributed by atoms with Crippen molar-refractivity contribution in [2.75, 3.05) is 25.0 Å². The molecule has 1 aromatic heterocycles. The Morgan fingerprint density at radius 2 is 1.97 bits per heavy atom. The highest BCUT2D eigenvalue weighted by molar-refractivity contribution is 7.89. The third-order valence-electron chi connectivity index (χ3n) is 5.10. The normalized spacial score (nSPS) is 15.5. The standard InChI is InChI=1S/C21H24ClN3O5S/c1-14-10-15(2)20(18(22)11-14)24-19(26)13-30-21(27)16-5-8-25(9-6-16)31(28,29)17-4-3-7-23-12-17/h3-4,7,10-12,16H,5-6,8-9,13H2,1-2H3,(H,24,26). The largest absolute Gasteiger partial charge is 0.455 e. The van der Waals surface area contributed by atoms with Gasteiger partial charge in [-0.1, -0.05) is 17.7 Å². The zero-order chi connectivity index (χ0) is 22.6. The van der Waals surface area contributed by atoms with Crippen LogP contribution in [0.5, 0.6) is 0 Å². The minimum absolute atomic E-state index is 0.123. The zero-order valence-electron chi connectivity index (χ0n) is 17.3. The third kappa shape index (κ3) is 5.61. The number of piperidine rings is 1. The van der Waals surface area contributed by atoms with Crippen LogP contribution in [0.25, 0.3) is 0 Å². The number of anilines is 1. The second-order valence-electron chi connectivity index (χ2n) is 7.46. The molecule has 1 aliphatic heterocycles. The summed E-state index contributed by atoms with van der Waals surface area (Å²) >= 11 is 6.18. The number of esters is 1. The SMILES string of the molecule is Cc1cc(C)c(NC(=O)COC(=O)C2CCN(S(=O)(=O)c3cccnc3)CC2)c(Cl)c1. The van der Waals surface area contributed by atoms with E-state index in [1.54, 1.807) is 12.1 Å². The molecule has 1 N–H and O–H groups in total. The number of rotatable bonds is 6. The first-order valence-electron chi connectivity index (χ1n) is 9.82. The summed E-state index contributed by atoms with van der Waals surface area (Å²) in [4.78, 5) is 28.5. The molecular weight excluding hydrogens is 442 g/mol. The van der Waals surface area contributed by atoms with E-state index in [-0.39, 0.29) is 18.0 Å². The summed E-state index contributed by atoms with van der Waals surface area (Å²) in [6.07, 6.45) is 3.45. The van der Waals surface area contributed by atoms with Gasteiger partial charge < -0.3 is 10.1 Å². The van der Waals surface area contributed by atoms with Gasteiger partial charge in [0.05, 0.1) is 16.6 Å². The molecule has 2 heterocycles. The third-order valence-corrected chi connectivity index (χ3v) is 7.28. The molecule has 8 nitrogen and oxygen atoms in total. The predicted octanol–water partition coefficient (Wildman–Crippen LogP) is 2.93. The van der Waals surface area contributed by atoms with E-state index >= 15 is 0 Å². The van der Waals surface area contributed by atoms with E-state index in [0.29, 0.717) is 23.6 Å². The number of sulfonamides is 1. The molecule has 166 valence electrons. The lowest BCUT2D eigenvalue weighted by molar-refractivity contribution is -0.152. The van der Waals surface area contributed by atoms with Gasteiger partial charge in [-0.3, -0.25) is 14.6 Å². The van der Waals surface area contributed by atoms with Gasteiger partial charge in [-0.25, -0.2) is 8.42 Å². The molecule has 0 spiro atoms. The Hall–Kier alpha value is -2.49. The molecule has 1 aliphatic rings. The maximum Gasteiger partial charge on any atom is 0.309 e. The maximum atomic E-state index is 12.6. The molecule has 2 aromatic rings. The second-order valence-corrected chi connectivity index (χ2v) is 9.81. The number of amides is 1. The molecule has 3 rings (SSSR count). The summed E-state index contributed by atoms with van der Waals surface area (Å²) < 4.78 is 31.8. The lowest BCUT2D eigenvalue weighted by Crippen LogP contribution is -2.41. The molecule has 0 unspecified atom stereocenters. The van der Waals surface area contributed by atoms with E-state index in [1.165, 1.54) is 22.8 Å². The van der Waals surface area contributed by atoms with Crippen LogP contribution in [-0.2, 0) is 24.3 Å². The van der Waals surface area contributed by atoms with Crippen LogP contribution in [0.3, 0.4) is 0 Å². The Labute approximate surface area is 186 Å². The summed E-state index contributed by atoms with van der Waals surface area (Å²) in [6, 6.07) is 6.68. The summed E-state index contributed by atoms with van der Waals surface area (Å²) in [5.41, 5.74) is 2.28. The minimum atomic E-state index is -3.64. The first kappa shape index (κ1) is 23.2. The van der Waals surface area contributed by atoms with Gasteiger partial charge in [0.15, 0.2) is 6.61 Å². The molecule has 1 aromatic carbocycles. The highest BCUT2D eigenvalue weighted by Crippen LogP contribution is 2.27. The van der Waals surface area contributed by atoms with E-state index in [4.69, 9.17) is 16.3 Å². The van der Waals surface area contributed by atoms with Crippen molar-refractivity contribution in [3.8, 4) is 0 Å². The summed E-state index contributed by atoms with van der Waals surface area (Å²) in [5.74, 6) is -1.46. The summed E-state index contributed by atoms with van der Waals surface area (Å²) in [6.45, 7) is 3.69. The number of hydrogen-bond donors (Lipinski definition) is 1. The smallest absolute Gasteiger partial charge is 0.309 e. The van der Waals surface area contributed by atoms with Crippen LogP contribution in [0, 0.1) is 19.8 Å².